The number of hydrogen-bond donors (Lipinski definition) is 1. The van der Waals surface area contributed by atoms with Crippen LogP contribution in [-0.4, -0.2) is 19.5 Å². The van der Waals surface area contributed by atoms with Gasteiger partial charge in [-0.3, -0.25) is 4.72 Å². The molecule has 108 valence electrons. The number of rotatable bonds is 5. The van der Waals surface area contributed by atoms with E-state index in [0.29, 0.717) is 10.2 Å². The molecule has 0 amide bonds. The Hall–Kier alpha value is -1.12. The van der Waals surface area contributed by atoms with Gasteiger partial charge < -0.3 is 4.74 Å². The first-order valence-corrected chi connectivity index (χ1v) is 8.93. The van der Waals surface area contributed by atoms with E-state index in [1.807, 2.05) is 13.8 Å². The maximum Gasteiger partial charge on any atom is 0.272 e. The first-order chi connectivity index (χ1) is 9.40. The molecule has 0 aliphatic heterocycles. The highest BCUT2D eigenvalue weighted by atomic mass is 79.9. The molecule has 0 aromatic carbocycles. The molecule has 8 heteroatoms. The molecule has 2 rings (SSSR count). The van der Waals surface area contributed by atoms with Crippen LogP contribution in [0.2, 0.25) is 0 Å². The third kappa shape index (κ3) is 3.50. The number of aromatic nitrogens is 1. The van der Waals surface area contributed by atoms with Crippen molar-refractivity contribution in [1.29, 1.82) is 0 Å². The summed E-state index contributed by atoms with van der Waals surface area (Å²) in [4.78, 5) is 4.05. The first kappa shape index (κ1) is 15.3. The van der Waals surface area contributed by atoms with Crippen LogP contribution in [0.25, 0.3) is 0 Å². The summed E-state index contributed by atoms with van der Waals surface area (Å²) >= 11 is 4.36. The van der Waals surface area contributed by atoms with Crippen LogP contribution in [0.5, 0.6) is 5.88 Å². The summed E-state index contributed by atoms with van der Waals surface area (Å²) in [7, 11) is -3.66. The molecule has 2 aromatic heterocycles. The number of sulfonamides is 1. The summed E-state index contributed by atoms with van der Waals surface area (Å²) in [6, 6.07) is 4.95. The van der Waals surface area contributed by atoms with Crippen molar-refractivity contribution in [3.05, 3.63) is 34.2 Å². The van der Waals surface area contributed by atoms with Gasteiger partial charge in [0.1, 0.15) is 5.69 Å². The number of hydrogen-bond acceptors (Lipinski definition) is 5. The fraction of sp³-hybridized carbons (Fsp3) is 0.250. The van der Waals surface area contributed by atoms with E-state index in [-0.39, 0.29) is 16.2 Å². The third-order valence-electron chi connectivity index (χ3n) is 2.19. The summed E-state index contributed by atoms with van der Waals surface area (Å²) in [5, 5.41) is 1.70. The van der Waals surface area contributed by atoms with Gasteiger partial charge in [-0.2, -0.15) is 0 Å². The standard InChI is InChI=1S/C12H13BrN2O3S2/c1-8(2)18-11-10(4-3-6-14-11)15-20(16,17)12-9(13)5-7-19-12/h3-8,15H,1-2H3. The highest BCUT2D eigenvalue weighted by molar-refractivity contribution is 9.10. The molecular weight excluding hydrogens is 364 g/mol. The zero-order chi connectivity index (χ0) is 14.8. The average Bonchev–Trinajstić information content (AvgIpc) is 2.78. The molecule has 2 aromatic rings. The minimum Gasteiger partial charge on any atom is -0.473 e. The number of nitrogens with one attached hydrogen (secondary N) is 1. The first-order valence-electron chi connectivity index (χ1n) is 5.77. The summed E-state index contributed by atoms with van der Waals surface area (Å²) in [6.45, 7) is 3.70. The minimum absolute atomic E-state index is 0.0957. The second-order valence-electron chi connectivity index (χ2n) is 4.18. The number of nitrogens with zero attached hydrogens (tertiary/aromatic N) is 1. The molecule has 0 unspecified atom stereocenters. The Bertz CT molecular complexity index is 698. The molecule has 0 atom stereocenters. The fourth-order valence-electron chi connectivity index (χ4n) is 1.45. The van der Waals surface area contributed by atoms with Gasteiger partial charge in [0, 0.05) is 10.7 Å². The van der Waals surface area contributed by atoms with E-state index in [0.717, 1.165) is 11.3 Å². The minimum atomic E-state index is -3.66. The Morgan fingerprint density at radius 1 is 1.40 bits per heavy atom. The van der Waals surface area contributed by atoms with Crippen LogP contribution < -0.4 is 9.46 Å². The lowest BCUT2D eigenvalue weighted by atomic mass is 10.4. The Morgan fingerprint density at radius 2 is 2.15 bits per heavy atom. The summed E-state index contributed by atoms with van der Waals surface area (Å²) < 4.78 is 33.4. The highest BCUT2D eigenvalue weighted by Gasteiger charge is 2.21. The van der Waals surface area contributed by atoms with Crippen molar-refractivity contribution < 1.29 is 13.2 Å². The van der Waals surface area contributed by atoms with Crippen molar-refractivity contribution in [2.45, 2.75) is 24.2 Å². The molecular formula is C12H13BrN2O3S2. The van der Waals surface area contributed by atoms with Crippen LogP contribution in [-0.2, 0) is 10.0 Å². The van der Waals surface area contributed by atoms with Crippen LogP contribution in [0.4, 0.5) is 5.69 Å². The normalized spacial score (nSPS) is 11.6. The predicted molar refractivity (Wildman–Crippen MR) is 82.8 cm³/mol. The van der Waals surface area contributed by atoms with E-state index < -0.39 is 10.0 Å². The SMILES string of the molecule is CC(C)Oc1ncccc1NS(=O)(=O)c1sccc1Br. The third-order valence-corrected chi connectivity index (χ3v) is 6.23. The molecule has 0 radical (unpaired) electrons. The second-order valence-corrected chi connectivity index (χ2v) is 7.83. The van der Waals surface area contributed by atoms with Crippen LogP contribution in [0.15, 0.2) is 38.5 Å². The lowest BCUT2D eigenvalue weighted by Gasteiger charge is -2.14. The van der Waals surface area contributed by atoms with Crippen molar-refractivity contribution in [2.75, 3.05) is 4.72 Å². The summed E-state index contributed by atoms with van der Waals surface area (Å²) in [6.07, 6.45) is 1.46. The number of pyridine rings is 1. The monoisotopic (exact) mass is 376 g/mol. The van der Waals surface area contributed by atoms with Gasteiger partial charge in [-0.25, -0.2) is 13.4 Å². The van der Waals surface area contributed by atoms with Crippen LogP contribution in [0.3, 0.4) is 0 Å². The Morgan fingerprint density at radius 3 is 2.75 bits per heavy atom. The molecule has 20 heavy (non-hydrogen) atoms. The van der Waals surface area contributed by atoms with Crippen molar-refractivity contribution >= 4 is 43.0 Å². The van der Waals surface area contributed by atoms with Crippen LogP contribution in [0.1, 0.15) is 13.8 Å². The molecule has 1 N–H and O–H groups in total. The average molecular weight is 377 g/mol. The van der Waals surface area contributed by atoms with E-state index in [2.05, 4.69) is 25.6 Å². The number of ether oxygens (including phenoxy) is 1. The number of anilines is 1. The Labute approximate surface area is 130 Å². The largest absolute Gasteiger partial charge is 0.473 e. The van der Waals surface area contributed by atoms with E-state index in [9.17, 15) is 8.42 Å². The van der Waals surface area contributed by atoms with Gasteiger partial charge in [0.15, 0.2) is 4.21 Å². The lowest BCUT2D eigenvalue weighted by molar-refractivity contribution is 0.234. The van der Waals surface area contributed by atoms with Crippen LogP contribution >= 0.6 is 27.3 Å². The van der Waals surface area contributed by atoms with Crippen LogP contribution in [0, 0.1) is 0 Å². The highest BCUT2D eigenvalue weighted by Crippen LogP contribution is 2.31. The zero-order valence-corrected chi connectivity index (χ0v) is 14.0. The van der Waals surface area contributed by atoms with Gasteiger partial charge in [-0.1, -0.05) is 0 Å². The maximum absolute atomic E-state index is 12.3. The molecule has 5 nitrogen and oxygen atoms in total. The molecule has 0 aliphatic carbocycles. The fourth-order valence-corrected chi connectivity index (χ4v) is 4.84. The summed E-state index contributed by atoms with van der Waals surface area (Å²) in [5.74, 6) is 0.263. The van der Waals surface area contributed by atoms with Crippen molar-refractivity contribution in [3.8, 4) is 5.88 Å². The van der Waals surface area contributed by atoms with Gasteiger partial charge in [-0.05, 0) is 53.4 Å². The predicted octanol–water partition coefficient (Wildman–Crippen LogP) is 3.49. The summed E-state index contributed by atoms with van der Waals surface area (Å²) in [5.41, 5.74) is 0.321. The van der Waals surface area contributed by atoms with E-state index in [4.69, 9.17) is 4.74 Å². The zero-order valence-electron chi connectivity index (χ0n) is 10.8. The maximum atomic E-state index is 12.3. The van der Waals surface area contributed by atoms with Crippen molar-refractivity contribution in [3.63, 3.8) is 0 Å². The Kier molecular flexibility index (Phi) is 4.66. The van der Waals surface area contributed by atoms with Crippen molar-refractivity contribution in [1.82, 2.24) is 4.98 Å². The van der Waals surface area contributed by atoms with E-state index in [1.165, 1.54) is 0 Å². The topological polar surface area (TPSA) is 68.3 Å². The number of halogens is 1. The van der Waals surface area contributed by atoms with Gasteiger partial charge in [0.05, 0.1) is 6.10 Å². The smallest absolute Gasteiger partial charge is 0.272 e. The second kappa shape index (κ2) is 6.11. The van der Waals surface area contributed by atoms with E-state index in [1.54, 1.807) is 29.8 Å². The molecule has 0 bridgehead atoms. The molecule has 0 fully saturated rings. The molecule has 0 saturated heterocycles. The Balaban J connectivity index is 2.33. The quantitative estimate of drug-likeness (QED) is 0.866. The molecule has 0 spiro atoms. The number of thiophene rings is 1. The molecule has 0 aliphatic rings. The van der Waals surface area contributed by atoms with Gasteiger partial charge in [0.25, 0.3) is 10.0 Å². The van der Waals surface area contributed by atoms with Gasteiger partial charge in [-0.15, -0.1) is 11.3 Å². The lowest BCUT2D eigenvalue weighted by Crippen LogP contribution is -2.15. The molecule has 0 saturated carbocycles. The van der Waals surface area contributed by atoms with Gasteiger partial charge >= 0.3 is 0 Å². The van der Waals surface area contributed by atoms with Crippen molar-refractivity contribution in [2.24, 2.45) is 0 Å². The van der Waals surface area contributed by atoms with E-state index >= 15 is 0 Å². The van der Waals surface area contributed by atoms with Gasteiger partial charge in [0.2, 0.25) is 5.88 Å². The molecule has 2 heterocycles.